The van der Waals surface area contributed by atoms with Gasteiger partial charge in [0.25, 0.3) is 0 Å². The number of likely N-dealkylation sites (N-methyl/N-ethyl adjacent to an activating group) is 1. The van der Waals surface area contributed by atoms with Crippen LogP contribution in [0.5, 0.6) is 5.75 Å². The molecule has 0 saturated heterocycles. The lowest BCUT2D eigenvalue weighted by atomic mass is 9.97. The van der Waals surface area contributed by atoms with Crippen LogP contribution in [0.2, 0.25) is 0 Å². The Morgan fingerprint density at radius 1 is 1.35 bits per heavy atom. The van der Waals surface area contributed by atoms with Gasteiger partial charge in [0.2, 0.25) is 5.91 Å². The summed E-state index contributed by atoms with van der Waals surface area (Å²) >= 11 is 0. The second kappa shape index (κ2) is 5.21. The van der Waals surface area contributed by atoms with Gasteiger partial charge in [0, 0.05) is 13.1 Å². The SMILES string of the molecule is CCN1CCCc2cc(OC)ccc2CC1=O. The average molecular weight is 233 g/mol. The summed E-state index contributed by atoms with van der Waals surface area (Å²) in [5, 5.41) is 0. The zero-order chi connectivity index (χ0) is 12.3. The molecule has 3 heteroatoms. The van der Waals surface area contributed by atoms with Crippen LogP contribution in [0.25, 0.3) is 0 Å². The van der Waals surface area contributed by atoms with Crippen molar-refractivity contribution in [2.75, 3.05) is 20.2 Å². The molecule has 0 saturated carbocycles. The minimum atomic E-state index is 0.235. The summed E-state index contributed by atoms with van der Waals surface area (Å²) in [5.74, 6) is 1.11. The number of aryl methyl sites for hydroxylation is 1. The van der Waals surface area contributed by atoms with Gasteiger partial charge in [-0.1, -0.05) is 6.07 Å². The maximum absolute atomic E-state index is 12.0. The Balaban J connectivity index is 2.26. The number of methoxy groups -OCH3 is 1. The number of rotatable bonds is 2. The predicted molar refractivity (Wildman–Crippen MR) is 67.3 cm³/mol. The Labute approximate surface area is 102 Å². The Morgan fingerprint density at radius 3 is 2.88 bits per heavy atom. The Morgan fingerprint density at radius 2 is 2.18 bits per heavy atom. The molecule has 0 spiro atoms. The average Bonchev–Trinajstić information content (AvgIpc) is 2.33. The van der Waals surface area contributed by atoms with Crippen LogP contribution in [0.3, 0.4) is 0 Å². The smallest absolute Gasteiger partial charge is 0.226 e. The molecule has 1 aliphatic heterocycles. The van der Waals surface area contributed by atoms with E-state index in [4.69, 9.17) is 4.74 Å². The minimum absolute atomic E-state index is 0.235. The first kappa shape index (κ1) is 12.0. The van der Waals surface area contributed by atoms with Crippen molar-refractivity contribution in [1.29, 1.82) is 0 Å². The van der Waals surface area contributed by atoms with E-state index in [0.29, 0.717) is 6.42 Å². The third kappa shape index (κ3) is 2.60. The molecular formula is C14H19NO2. The lowest BCUT2D eigenvalue weighted by Crippen LogP contribution is -2.34. The van der Waals surface area contributed by atoms with Crippen LogP contribution < -0.4 is 4.74 Å². The topological polar surface area (TPSA) is 29.5 Å². The number of ether oxygens (including phenoxy) is 1. The molecule has 0 unspecified atom stereocenters. The largest absolute Gasteiger partial charge is 0.497 e. The van der Waals surface area contributed by atoms with Crippen LogP contribution in [0, 0.1) is 0 Å². The highest BCUT2D eigenvalue weighted by atomic mass is 16.5. The number of carbonyl (C=O) groups is 1. The number of amides is 1. The lowest BCUT2D eigenvalue weighted by molar-refractivity contribution is -0.130. The predicted octanol–water partition coefficient (Wildman–Crippen LogP) is 2.03. The van der Waals surface area contributed by atoms with Gasteiger partial charge in [-0.05, 0) is 43.0 Å². The van der Waals surface area contributed by atoms with E-state index >= 15 is 0 Å². The van der Waals surface area contributed by atoms with E-state index in [9.17, 15) is 4.79 Å². The Kier molecular flexibility index (Phi) is 3.67. The first-order chi connectivity index (χ1) is 8.24. The van der Waals surface area contributed by atoms with E-state index in [-0.39, 0.29) is 5.91 Å². The molecule has 0 aliphatic carbocycles. The van der Waals surface area contributed by atoms with Gasteiger partial charge in [-0.2, -0.15) is 0 Å². The van der Waals surface area contributed by atoms with Crippen LogP contribution >= 0.6 is 0 Å². The van der Waals surface area contributed by atoms with E-state index in [0.717, 1.165) is 37.2 Å². The summed E-state index contributed by atoms with van der Waals surface area (Å²) in [6.45, 7) is 3.71. The molecule has 1 heterocycles. The fraction of sp³-hybridized carbons (Fsp3) is 0.500. The Hall–Kier alpha value is -1.51. The molecule has 17 heavy (non-hydrogen) atoms. The summed E-state index contributed by atoms with van der Waals surface area (Å²) < 4.78 is 5.23. The van der Waals surface area contributed by atoms with Crippen molar-refractivity contribution in [3.63, 3.8) is 0 Å². The van der Waals surface area contributed by atoms with Gasteiger partial charge in [-0.25, -0.2) is 0 Å². The molecule has 0 radical (unpaired) electrons. The van der Waals surface area contributed by atoms with Crippen molar-refractivity contribution in [3.8, 4) is 5.75 Å². The molecule has 92 valence electrons. The van der Waals surface area contributed by atoms with Crippen molar-refractivity contribution >= 4 is 5.91 Å². The molecule has 0 N–H and O–H groups in total. The molecule has 1 aromatic carbocycles. The molecule has 1 aromatic rings. The van der Waals surface area contributed by atoms with Crippen molar-refractivity contribution in [2.24, 2.45) is 0 Å². The molecule has 0 aromatic heterocycles. The first-order valence-corrected chi connectivity index (χ1v) is 6.18. The molecule has 0 fully saturated rings. The number of fused-ring (bicyclic) bond motifs is 1. The summed E-state index contributed by atoms with van der Waals surface area (Å²) in [7, 11) is 1.68. The van der Waals surface area contributed by atoms with Crippen molar-refractivity contribution < 1.29 is 9.53 Å². The van der Waals surface area contributed by atoms with E-state index in [1.54, 1.807) is 7.11 Å². The second-order valence-corrected chi connectivity index (χ2v) is 4.39. The van der Waals surface area contributed by atoms with Gasteiger partial charge in [-0.3, -0.25) is 4.79 Å². The molecule has 0 atom stereocenters. The quantitative estimate of drug-likeness (QED) is 0.782. The van der Waals surface area contributed by atoms with Crippen LogP contribution in [0.4, 0.5) is 0 Å². The van der Waals surface area contributed by atoms with Crippen LogP contribution in [0.15, 0.2) is 18.2 Å². The Bertz CT molecular complexity index is 415. The fourth-order valence-corrected chi connectivity index (χ4v) is 2.33. The van der Waals surface area contributed by atoms with Gasteiger partial charge < -0.3 is 9.64 Å². The molecular weight excluding hydrogens is 214 g/mol. The van der Waals surface area contributed by atoms with Gasteiger partial charge in [0.1, 0.15) is 5.75 Å². The molecule has 1 aliphatic rings. The summed E-state index contributed by atoms with van der Waals surface area (Å²) in [4.78, 5) is 13.9. The molecule has 1 amide bonds. The van der Waals surface area contributed by atoms with Gasteiger partial charge in [0.05, 0.1) is 13.5 Å². The summed E-state index contributed by atoms with van der Waals surface area (Å²) in [6.07, 6.45) is 2.57. The third-order valence-electron chi connectivity index (χ3n) is 3.36. The zero-order valence-corrected chi connectivity index (χ0v) is 10.5. The number of hydrogen-bond acceptors (Lipinski definition) is 2. The van der Waals surface area contributed by atoms with Gasteiger partial charge >= 0.3 is 0 Å². The minimum Gasteiger partial charge on any atom is -0.497 e. The fourth-order valence-electron chi connectivity index (χ4n) is 2.33. The highest BCUT2D eigenvalue weighted by Gasteiger charge is 2.17. The maximum Gasteiger partial charge on any atom is 0.226 e. The van der Waals surface area contributed by atoms with Crippen LogP contribution in [-0.4, -0.2) is 31.0 Å². The third-order valence-corrected chi connectivity index (χ3v) is 3.36. The number of nitrogens with zero attached hydrogens (tertiary/aromatic N) is 1. The highest BCUT2D eigenvalue weighted by molar-refractivity contribution is 5.79. The van der Waals surface area contributed by atoms with E-state index in [1.807, 2.05) is 24.0 Å². The zero-order valence-electron chi connectivity index (χ0n) is 10.5. The molecule has 0 bridgehead atoms. The van der Waals surface area contributed by atoms with E-state index < -0.39 is 0 Å². The van der Waals surface area contributed by atoms with Crippen molar-refractivity contribution in [1.82, 2.24) is 4.90 Å². The number of carbonyl (C=O) groups excluding carboxylic acids is 1. The van der Waals surface area contributed by atoms with E-state index in [1.165, 1.54) is 5.56 Å². The molecule has 3 nitrogen and oxygen atoms in total. The monoisotopic (exact) mass is 233 g/mol. The first-order valence-electron chi connectivity index (χ1n) is 6.18. The highest BCUT2D eigenvalue weighted by Crippen LogP contribution is 2.22. The number of hydrogen-bond donors (Lipinski definition) is 0. The van der Waals surface area contributed by atoms with Crippen molar-refractivity contribution in [3.05, 3.63) is 29.3 Å². The number of benzene rings is 1. The second-order valence-electron chi connectivity index (χ2n) is 4.39. The van der Waals surface area contributed by atoms with Gasteiger partial charge in [0.15, 0.2) is 0 Å². The summed E-state index contributed by atoms with van der Waals surface area (Å²) in [5.41, 5.74) is 2.41. The van der Waals surface area contributed by atoms with Crippen molar-refractivity contribution in [2.45, 2.75) is 26.2 Å². The maximum atomic E-state index is 12.0. The van der Waals surface area contributed by atoms with E-state index in [2.05, 4.69) is 6.07 Å². The molecule has 2 rings (SSSR count). The van der Waals surface area contributed by atoms with Crippen LogP contribution in [0.1, 0.15) is 24.5 Å². The summed E-state index contributed by atoms with van der Waals surface area (Å²) in [6, 6.07) is 6.01. The normalized spacial score (nSPS) is 16.1. The van der Waals surface area contributed by atoms with Gasteiger partial charge in [-0.15, -0.1) is 0 Å². The lowest BCUT2D eigenvalue weighted by Gasteiger charge is -2.24. The standard InChI is InChI=1S/C14H19NO2/c1-3-15-8-4-5-11-9-13(17-2)7-6-12(11)10-14(15)16/h6-7,9H,3-5,8,10H2,1-2H3. The van der Waals surface area contributed by atoms with Crippen LogP contribution in [-0.2, 0) is 17.6 Å².